The van der Waals surface area contributed by atoms with Gasteiger partial charge in [0.15, 0.2) is 0 Å². The number of fused-ring (bicyclic) bond motifs is 1. The molecule has 21 heavy (non-hydrogen) atoms. The highest BCUT2D eigenvalue weighted by Crippen LogP contribution is 2.10. The Labute approximate surface area is 122 Å². The van der Waals surface area contributed by atoms with Crippen molar-refractivity contribution in [1.29, 1.82) is 0 Å². The van der Waals surface area contributed by atoms with Gasteiger partial charge in [-0.1, -0.05) is 12.1 Å². The van der Waals surface area contributed by atoms with Gasteiger partial charge >= 0.3 is 0 Å². The molecule has 0 fully saturated rings. The van der Waals surface area contributed by atoms with Crippen LogP contribution < -0.4 is 5.32 Å². The van der Waals surface area contributed by atoms with E-state index in [1.54, 1.807) is 6.20 Å². The lowest BCUT2D eigenvalue weighted by Gasteiger charge is -2.02. The molecule has 0 aliphatic carbocycles. The average molecular weight is 280 g/mol. The third kappa shape index (κ3) is 3.08. The minimum absolute atomic E-state index is 0.0540. The third-order valence-corrected chi connectivity index (χ3v) is 3.26. The van der Waals surface area contributed by atoms with Gasteiger partial charge in [-0.3, -0.25) is 9.78 Å². The number of imidazole rings is 1. The van der Waals surface area contributed by atoms with Crippen LogP contribution in [-0.4, -0.2) is 20.3 Å². The molecule has 3 aromatic rings. The molecule has 5 nitrogen and oxygen atoms in total. The van der Waals surface area contributed by atoms with E-state index in [0.29, 0.717) is 6.54 Å². The molecule has 1 N–H and O–H groups in total. The Morgan fingerprint density at radius 2 is 2.14 bits per heavy atom. The zero-order valence-corrected chi connectivity index (χ0v) is 11.8. The van der Waals surface area contributed by atoms with Crippen LogP contribution in [0.2, 0.25) is 0 Å². The number of nitrogens with one attached hydrogen (secondary N) is 1. The lowest BCUT2D eigenvalue weighted by atomic mass is 10.3. The highest BCUT2D eigenvalue weighted by Gasteiger charge is 2.08. The fourth-order valence-electron chi connectivity index (χ4n) is 2.21. The van der Waals surface area contributed by atoms with Gasteiger partial charge in [0.2, 0.25) is 5.91 Å². The number of aromatic nitrogens is 3. The van der Waals surface area contributed by atoms with Crippen molar-refractivity contribution in [2.45, 2.75) is 19.9 Å². The van der Waals surface area contributed by atoms with Crippen molar-refractivity contribution >= 4 is 11.6 Å². The Morgan fingerprint density at radius 1 is 1.24 bits per heavy atom. The van der Waals surface area contributed by atoms with E-state index in [4.69, 9.17) is 0 Å². The molecular formula is C16H16N4O. The summed E-state index contributed by atoms with van der Waals surface area (Å²) in [5.41, 5.74) is 3.60. The summed E-state index contributed by atoms with van der Waals surface area (Å²) in [6.45, 7) is 2.44. The number of carbonyl (C=O) groups excluding carboxylic acids is 1. The van der Waals surface area contributed by atoms with E-state index in [1.165, 1.54) is 0 Å². The van der Waals surface area contributed by atoms with Crippen LogP contribution in [0.3, 0.4) is 0 Å². The third-order valence-electron chi connectivity index (χ3n) is 3.26. The van der Waals surface area contributed by atoms with E-state index in [9.17, 15) is 4.79 Å². The summed E-state index contributed by atoms with van der Waals surface area (Å²) in [5, 5.41) is 2.86. The standard InChI is InChI=1S/C16H16N4O/c1-12-5-4-8-20-11-14(19-16(12)20)9-15(21)18-10-13-6-2-3-7-17-13/h2-8,11H,9-10H2,1H3,(H,18,21). The van der Waals surface area contributed by atoms with Crippen LogP contribution in [0.5, 0.6) is 0 Å². The average Bonchev–Trinajstić information content (AvgIpc) is 2.90. The Kier molecular flexibility index (Phi) is 3.64. The molecule has 3 rings (SSSR count). The predicted molar refractivity (Wildman–Crippen MR) is 79.7 cm³/mol. The van der Waals surface area contributed by atoms with E-state index in [0.717, 1.165) is 22.6 Å². The van der Waals surface area contributed by atoms with Crippen molar-refractivity contribution in [3.63, 3.8) is 0 Å². The first-order chi connectivity index (χ1) is 10.2. The molecule has 0 bridgehead atoms. The quantitative estimate of drug-likeness (QED) is 0.794. The predicted octanol–water partition coefficient (Wildman–Crippen LogP) is 1.90. The van der Waals surface area contributed by atoms with Crippen LogP contribution in [-0.2, 0) is 17.8 Å². The molecule has 0 spiro atoms. The number of rotatable bonds is 4. The van der Waals surface area contributed by atoms with Crippen molar-refractivity contribution in [1.82, 2.24) is 19.7 Å². The summed E-state index contributed by atoms with van der Waals surface area (Å²) in [5.74, 6) is -0.0540. The first-order valence-electron chi connectivity index (χ1n) is 6.82. The van der Waals surface area contributed by atoms with Crippen molar-refractivity contribution in [3.05, 3.63) is 65.9 Å². The number of nitrogens with zero attached hydrogens (tertiary/aromatic N) is 3. The molecule has 0 aliphatic heterocycles. The monoisotopic (exact) mass is 280 g/mol. The van der Waals surface area contributed by atoms with Gasteiger partial charge in [-0.05, 0) is 30.7 Å². The molecule has 5 heteroatoms. The molecular weight excluding hydrogens is 264 g/mol. The highest BCUT2D eigenvalue weighted by molar-refractivity contribution is 5.78. The van der Waals surface area contributed by atoms with Crippen LogP contribution in [0.15, 0.2) is 48.9 Å². The second-order valence-corrected chi connectivity index (χ2v) is 4.93. The zero-order valence-electron chi connectivity index (χ0n) is 11.8. The second-order valence-electron chi connectivity index (χ2n) is 4.93. The van der Waals surface area contributed by atoms with Gasteiger partial charge in [-0.2, -0.15) is 0 Å². The van der Waals surface area contributed by atoms with Crippen molar-refractivity contribution in [2.24, 2.45) is 0 Å². The number of pyridine rings is 2. The minimum Gasteiger partial charge on any atom is -0.350 e. The topological polar surface area (TPSA) is 59.3 Å². The number of carbonyl (C=O) groups is 1. The number of hydrogen-bond donors (Lipinski definition) is 1. The molecule has 106 valence electrons. The van der Waals surface area contributed by atoms with Crippen LogP contribution in [0.4, 0.5) is 0 Å². The van der Waals surface area contributed by atoms with Gasteiger partial charge in [-0.25, -0.2) is 4.98 Å². The Morgan fingerprint density at radius 3 is 2.90 bits per heavy atom. The molecule has 3 aromatic heterocycles. The van der Waals surface area contributed by atoms with Crippen molar-refractivity contribution in [3.8, 4) is 0 Å². The molecule has 0 unspecified atom stereocenters. The summed E-state index contributed by atoms with van der Waals surface area (Å²) >= 11 is 0. The minimum atomic E-state index is -0.0540. The molecule has 1 amide bonds. The highest BCUT2D eigenvalue weighted by atomic mass is 16.1. The smallest absolute Gasteiger partial charge is 0.226 e. The maximum Gasteiger partial charge on any atom is 0.226 e. The summed E-state index contributed by atoms with van der Waals surface area (Å²) in [6.07, 6.45) is 5.81. The summed E-state index contributed by atoms with van der Waals surface area (Å²) in [7, 11) is 0. The van der Waals surface area contributed by atoms with Gasteiger partial charge in [0.05, 0.1) is 24.4 Å². The maximum absolute atomic E-state index is 12.0. The fraction of sp³-hybridized carbons (Fsp3) is 0.188. The summed E-state index contributed by atoms with van der Waals surface area (Å²) in [6, 6.07) is 9.61. The fourth-order valence-corrected chi connectivity index (χ4v) is 2.21. The number of aryl methyl sites for hydroxylation is 1. The van der Waals surface area contributed by atoms with Crippen molar-refractivity contribution in [2.75, 3.05) is 0 Å². The van der Waals surface area contributed by atoms with Gasteiger partial charge in [-0.15, -0.1) is 0 Å². The van der Waals surface area contributed by atoms with E-state index in [-0.39, 0.29) is 12.3 Å². The van der Waals surface area contributed by atoms with E-state index >= 15 is 0 Å². The first kappa shape index (κ1) is 13.3. The van der Waals surface area contributed by atoms with Crippen LogP contribution >= 0.6 is 0 Å². The van der Waals surface area contributed by atoms with Crippen LogP contribution in [0.1, 0.15) is 17.0 Å². The molecule has 0 aromatic carbocycles. The number of amides is 1. The van der Waals surface area contributed by atoms with Crippen LogP contribution in [0, 0.1) is 6.92 Å². The number of hydrogen-bond acceptors (Lipinski definition) is 3. The molecule has 0 atom stereocenters. The molecule has 0 radical (unpaired) electrons. The van der Waals surface area contributed by atoms with Gasteiger partial charge in [0.1, 0.15) is 5.65 Å². The Balaban J connectivity index is 1.65. The summed E-state index contributed by atoms with van der Waals surface area (Å²) in [4.78, 5) is 20.6. The van der Waals surface area contributed by atoms with Gasteiger partial charge in [0, 0.05) is 18.6 Å². The molecule has 0 saturated carbocycles. The lowest BCUT2D eigenvalue weighted by molar-refractivity contribution is -0.120. The Bertz CT molecular complexity index is 764. The zero-order chi connectivity index (χ0) is 14.7. The lowest BCUT2D eigenvalue weighted by Crippen LogP contribution is -2.25. The largest absolute Gasteiger partial charge is 0.350 e. The SMILES string of the molecule is Cc1cccn2cc(CC(=O)NCc3ccccn3)nc12. The normalized spacial score (nSPS) is 10.7. The molecule has 0 aliphatic rings. The first-order valence-corrected chi connectivity index (χ1v) is 6.82. The van der Waals surface area contributed by atoms with Crippen molar-refractivity contribution < 1.29 is 4.79 Å². The van der Waals surface area contributed by atoms with E-state index < -0.39 is 0 Å². The van der Waals surface area contributed by atoms with E-state index in [1.807, 2.05) is 54.0 Å². The molecule has 3 heterocycles. The van der Waals surface area contributed by atoms with Crippen LogP contribution in [0.25, 0.3) is 5.65 Å². The Hall–Kier alpha value is -2.69. The van der Waals surface area contributed by atoms with Gasteiger partial charge < -0.3 is 9.72 Å². The van der Waals surface area contributed by atoms with E-state index in [2.05, 4.69) is 15.3 Å². The second kappa shape index (κ2) is 5.75. The summed E-state index contributed by atoms with van der Waals surface area (Å²) < 4.78 is 1.94. The maximum atomic E-state index is 12.0. The van der Waals surface area contributed by atoms with Gasteiger partial charge in [0.25, 0.3) is 0 Å². The molecule has 0 saturated heterocycles.